The Hall–Kier alpha value is -2.41. The third kappa shape index (κ3) is 2.62. The molecule has 7 nitrogen and oxygen atoms in total. The molecule has 0 spiro atoms. The van der Waals surface area contributed by atoms with Gasteiger partial charge in [0.1, 0.15) is 0 Å². The lowest BCUT2D eigenvalue weighted by Gasteiger charge is -2.07. The number of halogens is 1. The molecular formula is C12H11ClN4O3. The summed E-state index contributed by atoms with van der Waals surface area (Å²) in [6.07, 6.45) is 1.53. The summed E-state index contributed by atoms with van der Waals surface area (Å²) >= 11 is 5.74. The quantitative estimate of drug-likeness (QED) is 0.922. The van der Waals surface area contributed by atoms with Crippen molar-refractivity contribution in [3.63, 3.8) is 0 Å². The molecule has 0 unspecified atom stereocenters. The van der Waals surface area contributed by atoms with Crippen LogP contribution in [0.4, 0.5) is 0 Å². The van der Waals surface area contributed by atoms with Crippen LogP contribution >= 0.6 is 11.6 Å². The van der Waals surface area contributed by atoms with Gasteiger partial charge >= 0.3 is 5.97 Å². The van der Waals surface area contributed by atoms with Crippen LogP contribution in [0.2, 0.25) is 5.02 Å². The van der Waals surface area contributed by atoms with E-state index < -0.39 is 5.97 Å². The fourth-order valence-corrected chi connectivity index (χ4v) is 1.69. The molecule has 20 heavy (non-hydrogen) atoms. The van der Waals surface area contributed by atoms with Gasteiger partial charge in [0.05, 0.1) is 5.02 Å². The predicted octanol–water partition coefficient (Wildman–Crippen LogP) is 1.32. The summed E-state index contributed by atoms with van der Waals surface area (Å²) in [5.41, 5.74) is -0.0243. The summed E-state index contributed by atoms with van der Waals surface area (Å²) in [5, 5.41) is 13.1. The highest BCUT2D eigenvalue weighted by Gasteiger charge is 2.15. The zero-order valence-electron chi connectivity index (χ0n) is 10.7. The molecule has 0 radical (unpaired) electrons. The van der Waals surface area contributed by atoms with E-state index in [0.29, 0.717) is 0 Å². The second kappa shape index (κ2) is 5.30. The lowest BCUT2D eigenvalue weighted by atomic mass is 10.3. The highest BCUT2D eigenvalue weighted by Crippen LogP contribution is 2.16. The van der Waals surface area contributed by atoms with Crippen LogP contribution in [-0.2, 0) is 0 Å². The third-order valence-corrected chi connectivity index (χ3v) is 2.79. The Morgan fingerprint density at radius 3 is 2.60 bits per heavy atom. The number of carboxylic acid groups (broad SMARTS) is 1. The first-order valence-electron chi connectivity index (χ1n) is 5.57. The normalized spacial score (nSPS) is 10.3. The SMILES string of the molecule is CN(C)C(=O)c1ccn(-c2ccc(Cl)c(C(=O)O)n2)n1. The van der Waals surface area contributed by atoms with Gasteiger partial charge in [-0.1, -0.05) is 11.6 Å². The van der Waals surface area contributed by atoms with Crippen LogP contribution < -0.4 is 0 Å². The van der Waals surface area contributed by atoms with Crippen LogP contribution in [0, 0.1) is 0 Å². The summed E-state index contributed by atoms with van der Waals surface area (Å²) in [4.78, 5) is 28.0. The molecule has 0 aliphatic heterocycles. The molecule has 2 aromatic heterocycles. The highest BCUT2D eigenvalue weighted by molar-refractivity contribution is 6.33. The summed E-state index contributed by atoms with van der Waals surface area (Å²) in [6.45, 7) is 0. The van der Waals surface area contributed by atoms with Gasteiger partial charge in [-0.05, 0) is 18.2 Å². The van der Waals surface area contributed by atoms with E-state index in [1.807, 2.05) is 0 Å². The van der Waals surface area contributed by atoms with E-state index in [9.17, 15) is 9.59 Å². The van der Waals surface area contributed by atoms with Crippen molar-refractivity contribution >= 4 is 23.5 Å². The zero-order chi connectivity index (χ0) is 14.9. The van der Waals surface area contributed by atoms with Crippen LogP contribution in [-0.4, -0.2) is 50.7 Å². The molecule has 2 rings (SSSR count). The molecule has 0 fully saturated rings. The first-order valence-corrected chi connectivity index (χ1v) is 5.95. The topological polar surface area (TPSA) is 88.3 Å². The smallest absolute Gasteiger partial charge is 0.356 e. The van der Waals surface area contributed by atoms with Gasteiger partial charge in [-0.3, -0.25) is 4.79 Å². The van der Waals surface area contributed by atoms with Crippen LogP contribution in [0.1, 0.15) is 21.0 Å². The number of hydrogen-bond acceptors (Lipinski definition) is 4. The number of pyridine rings is 1. The molecule has 0 bridgehead atoms. The third-order valence-electron chi connectivity index (χ3n) is 2.48. The van der Waals surface area contributed by atoms with E-state index in [0.717, 1.165) is 0 Å². The predicted molar refractivity (Wildman–Crippen MR) is 71.3 cm³/mol. The molecule has 0 aliphatic carbocycles. The van der Waals surface area contributed by atoms with E-state index in [1.165, 1.54) is 34.0 Å². The van der Waals surface area contributed by atoms with Crippen LogP contribution in [0.5, 0.6) is 0 Å². The average molecular weight is 295 g/mol. The van der Waals surface area contributed by atoms with Crippen molar-refractivity contribution in [3.05, 3.63) is 40.8 Å². The van der Waals surface area contributed by atoms with Crippen molar-refractivity contribution in [1.29, 1.82) is 0 Å². The molecule has 1 amide bonds. The molecule has 2 aromatic rings. The summed E-state index contributed by atoms with van der Waals surface area (Å²) in [6, 6.07) is 4.47. The standard InChI is InChI=1S/C12H11ClN4O3/c1-16(2)11(18)8-5-6-17(15-8)9-4-3-7(13)10(14-9)12(19)20/h3-6H,1-2H3,(H,19,20). The largest absolute Gasteiger partial charge is 0.476 e. The summed E-state index contributed by atoms with van der Waals surface area (Å²) < 4.78 is 1.32. The van der Waals surface area contributed by atoms with Crippen molar-refractivity contribution < 1.29 is 14.7 Å². The molecule has 0 aromatic carbocycles. The fourth-order valence-electron chi connectivity index (χ4n) is 1.50. The number of amides is 1. The molecule has 0 saturated carbocycles. The maximum absolute atomic E-state index is 11.7. The van der Waals surface area contributed by atoms with Gasteiger partial charge in [-0.2, -0.15) is 5.10 Å². The number of carbonyl (C=O) groups excluding carboxylic acids is 1. The summed E-state index contributed by atoms with van der Waals surface area (Å²) in [7, 11) is 3.23. The Morgan fingerprint density at radius 2 is 2.00 bits per heavy atom. The number of rotatable bonds is 3. The first-order chi connectivity index (χ1) is 9.40. The number of carbonyl (C=O) groups is 2. The minimum Gasteiger partial charge on any atom is -0.476 e. The Kier molecular flexibility index (Phi) is 3.71. The maximum Gasteiger partial charge on any atom is 0.356 e. The van der Waals surface area contributed by atoms with Crippen molar-refractivity contribution in [2.45, 2.75) is 0 Å². The van der Waals surface area contributed by atoms with Gasteiger partial charge in [0.15, 0.2) is 17.2 Å². The Balaban J connectivity index is 2.40. The molecule has 8 heteroatoms. The molecule has 1 N–H and O–H groups in total. The van der Waals surface area contributed by atoms with Gasteiger partial charge in [-0.25, -0.2) is 14.5 Å². The van der Waals surface area contributed by atoms with Crippen molar-refractivity contribution in [3.8, 4) is 5.82 Å². The average Bonchev–Trinajstić information content (AvgIpc) is 2.87. The van der Waals surface area contributed by atoms with Gasteiger partial charge in [-0.15, -0.1) is 0 Å². The fraction of sp³-hybridized carbons (Fsp3) is 0.167. The van der Waals surface area contributed by atoms with Crippen molar-refractivity contribution in [2.24, 2.45) is 0 Å². The first kappa shape index (κ1) is 14.0. The monoisotopic (exact) mass is 294 g/mol. The second-order valence-electron chi connectivity index (χ2n) is 4.15. The minimum atomic E-state index is -1.23. The number of aromatic carboxylic acids is 1. The number of carboxylic acids is 1. The van der Waals surface area contributed by atoms with E-state index >= 15 is 0 Å². The second-order valence-corrected chi connectivity index (χ2v) is 4.56. The van der Waals surface area contributed by atoms with Crippen molar-refractivity contribution in [2.75, 3.05) is 14.1 Å². The Morgan fingerprint density at radius 1 is 1.30 bits per heavy atom. The number of nitrogens with zero attached hydrogens (tertiary/aromatic N) is 4. The zero-order valence-corrected chi connectivity index (χ0v) is 11.5. The lowest BCUT2D eigenvalue weighted by molar-refractivity contribution is 0.0690. The number of hydrogen-bond donors (Lipinski definition) is 1. The van der Waals surface area contributed by atoms with Crippen LogP contribution in [0.3, 0.4) is 0 Å². The van der Waals surface area contributed by atoms with Gasteiger partial charge in [0.2, 0.25) is 0 Å². The highest BCUT2D eigenvalue weighted by atomic mass is 35.5. The minimum absolute atomic E-state index is 0.0398. The van der Waals surface area contributed by atoms with E-state index in [2.05, 4.69) is 10.1 Å². The molecule has 0 atom stereocenters. The molecule has 2 heterocycles. The van der Waals surface area contributed by atoms with Gasteiger partial charge < -0.3 is 10.0 Å². The van der Waals surface area contributed by atoms with E-state index in [1.54, 1.807) is 14.1 Å². The summed E-state index contributed by atoms with van der Waals surface area (Å²) in [5.74, 6) is -1.21. The van der Waals surface area contributed by atoms with Gasteiger partial charge in [0.25, 0.3) is 5.91 Å². The Labute approximate surface area is 119 Å². The molecular weight excluding hydrogens is 284 g/mol. The number of aromatic nitrogens is 3. The van der Waals surface area contributed by atoms with Crippen LogP contribution in [0.25, 0.3) is 5.82 Å². The van der Waals surface area contributed by atoms with E-state index in [4.69, 9.17) is 16.7 Å². The molecule has 104 valence electrons. The van der Waals surface area contributed by atoms with E-state index in [-0.39, 0.29) is 28.1 Å². The lowest BCUT2D eigenvalue weighted by Crippen LogP contribution is -2.22. The van der Waals surface area contributed by atoms with Gasteiger partial charge in [0, 0.05) is 20.3 Å². The van der Waals surface area contributed by atoms with Crippen molar-refractivity contribution in [1.82, 2.24) is 19.7 Å². The maximum atomic E-state index is 11.7. The Bertz CT molecular complexity index is 681. The molecule has 0 aliphatic rings. The molecule has 0 saturated heterocycles. The van der Waals surface area contributed by atoms with Crippen LogP contribution in [0.15, 0.2) is 24.4 Å².